The van der Waals surface area contributed by atoms with Gasteiger partial charge in [-0.15, -0.1) is 0 Å². The minimum atomic E-state index is -0.0852. The summed E-state index contributed by atoms with van der Waals surface area (Å²) < 4.78 is 7.21. The molecule has 4 heterocycles. The lowest BCUT2D eigenvalue weighted by Gasteiger charge is -2.17. The molecule has 1 atom stereocenters. The van der Waals surface area contributed by atoms with Gasteiger partial charge in [0.2, 0.25) is 5.95 Å². The van der Waals surface area contributed by atoms with E-state index in [9.17, 15) is 4.79 Å². The molecule has 1 amide bonds. The Labute approximate surface area is 172 Å². The number of aryl methyl sites for hydroxylation is 1. The topological polar surface area (TPSA) is 102 Å². The Bertz CT molecular complexity index is 1180. The number of fused-ring (bicyclic) bond motifs is 1. The number of nitrogens with zero attached hydrogens (tertiary/aromatic N) is 6. The van der Waals surface area contributed by atoms with Crippen molar-refractivity contribution >= 4 is 22.8 Å². The summed E-state index contributed by atoms with van der Waals surface area (Å²) in [6.45, 7) is 4.21. The average molecular weight is 403 g/mol. The zero-order valence-electron chi connectivity index (χ0n) is 16.5. The van der Waals surface area contributed by atoms with Crippen LogP contribution in [0.1, 0.15) is 23.7 Å². The predicted octanol–water partition coefficient (Wildman–Crippen LogP) is 2.51. The first-order chi connectivity index (χ1) is 14.7. The van der Waals surface area contributed by atoms with Gasteiger partial charge in [0, 0.05) is 48.4 Å². The number of amides is 1. The summed E-state index contributed by atoms with van der Waals surface area (Å²) in [5.41, 5.74) is 3.20. The first kappa shape index (κ1) is 18.3. The number of furan rings is 1. The maximum atomic E-state index is 12.7. The summed E-state index contributed by atoms with van der Waals surface area (Å²) >= 11 is 0. The van der Waals surface area contributed by atoms with Gasteiger partial charge in [-0.3, -0.25) is 9.78 Å². The molecule has 1 aromatic carbocycles. The van der Waals surface area contributed by atoms with Crippen molar-refractivity contribution in [2.45, 2.75) is 25.9 Å². The van der Waals surface area contributed by atoms with Crippen molar-refractivity contribution < 1.29 is 9.21 Å². The lowest BCUT2D eigenvalue weighted by atomic mass is 10.1. The maximum Gasteiger partial charge on any atom is 0.251 e. The molecule has 1 N–H and O–H groups in total. The average Bonchev–Trinajstić information content (AvgIpc) is 3.53. The van der Waals surface area contributed by atoms with Gasteiger partial charge in [0.05, 0.1) is 12.0 Å². The van der Waals surface area contributed by atoms with Crippen LogP contribution < -0.4 is 10.2 Å². The quantitative estimate of drug-likeness (QED) is 0.546. The lowest BCUT2D eigenvalue weighted by Crippen LogP contribution is -2.37. The highest BCUT2D eigenvalue weighted by atomic mass is 16.3. The molecule has 30 heavy (non-hydrogen) atoms. The van der Waals surface area contributed by atoms with Crippen LogP contribution in [0.4, 0.5) is 5.95 Å². The third-order valence-electron chi connectivity index (χ3n) is 5.42. The van der Waals surface area contributed by atoms with Crippen molar-refractivity contribution in [3.8, 4) is 11.3 Å². The number of nitrogens with one attached hydrogen (secondary N) is 1. The molecule has 0 spiro atoms. The van der Waals surface area contributed by atoms with Crippen LogP contribution in [0.2, 0.25) is 0 Å². The zero-order valence-corrected chi connectivity index (χ0v) is 16.5. The third kappa shape index (κ3) is 3.28. The van der Waals surface area contributed by atoms with Gasteiger partial charge in [-0.05, 0) is 48.0 Å². The number of rotatable bonds is 5. The van der Waals surface area contributed by atoms with Gasteiger partial charge in [0.1, 0.15) is 5.58 Å². The monoisotopic (exact) mass is 403 g/mol. The van der Waals surface area contributed by atoms with Crippen LogP contribution in [0.15, 0.2) is 53.3 Å². The van der Waals surface area contributed by atoms with E-state index >= 15 is 0 Å². The van der Waals surface area contributed by atoms with E-state index < -0.39 is 0 Å². The van der Waals surface area contributed by atoms with E-state index in [1.165, 1.54) is 0 Å². The van der Waals surface area contributed by atoms with E-state index in [-0.39, 0.29) is 11.9 Å². The number of pyridine rings is 1. The Hall–Kier alpha value is -3.75. The minimum absolute atomic E-state index is 0.0560. The van der Waals surface area contributed by atoms with Crippen LogP contribution in [0.25, 0.3) is 22.2 Å². The molecule has 152 valence electrons. The SMILES string of the molecule is CCn1nnnc1N1CC[C@H](NC(=O)c2ccc(-c3nccc4occc34)cc2)C1. The summed E-state index contributed by atoms with van der Waals surface area (Å²) in [5, 5.41) is 15.9. The molecule has 9 heteroatoms. The first-order valence-corrected chi connectivity index (χ1v) is 9.97. The fourth-order valence-corrected chi connectivity index (χ4v) is 3.86. The van der Waals surface area contributed by atoms with Gasteiger partial charge in [0.15, 0.2) is 0 Å². The van der Waals surface area contributed by atoms with Crippen LogP contribution in [0.5, 0.6) is 0 Å². The Morgan fingerprint density at radius 3 is 2.93 bits per heavy atom. The van der Waals surface area contributed by atoms with Gasteiger partial charge in [-0.25, -0.2) is 4.68 Å². The molecule has 1 fully saturated rings. The van der Waals surface area contributed by atoms with E-state index in [0.29, 0.717) is 18.7 Å². The maximum absolute atomic E-state index is 12.7. The van der Waals surface area contributed by atoms with Crippen molar-refractivity contribution in [2.24, 2.45) is 0 Å². The highest BCUT2D eigenvalue weighted by Gasteiger charge is 2.27. The van der Waals surface area contributed by atoms with E-state index in [1.54, 1.807) is 17.1 Å². The molecule has 0 bridgehead atoms. The summed E-state index contributed by atoms with van der Waals surface area (Å²) in [6.07, 6.45) is 4.23. The molecule has 1 aliphatic heterocycles. The highest BCUT2D eigenvalue weighted by molar-refractivity contribution is 5.96. The number of carbonyl (C=O) groups excluding carboxylic acids is 1. The fourth-order valence-electron chi connectivity index (χ4n) is 3.86. The first-order valence-electron chi connectivity index (χ1n) is 9.97. The van der Waals surface area contributed by atoms with Gasteiger partial charge in [-0.1, -0.05) is 17.2 Å². The number of hydrogen-bond acceptors (Lipinski definition) is 7. The van der Waals surface area contributed by atoms with E-state index in [0.717, 1.165) is 41.1 Å². The van der Waals surface area contributed by atoms with Gasteiger partial charge in [0.25, 0.3) is 5.91 Å². The molecule has 0 saturated carbocycles. The molecular weight excluding hydrogens is 382 g/mol. The van der Waals surface area contributed by atoms with Crippen LogP contribution in [0, 0.1) is 0 Å². The van der Waals surface area contributed by atoms with Crippen molar-refractivity contribution in [1.82, 2.24) is 30.5 Å². The minimum Gasteiger partial charge on any atom is -0.464 e. The Morgan fingerprint density at radius 2 is 2.10 bits per heavy atom. The Balaban J connectivity index is 1.27. The number of benzene rings is 1. The fraction of sp³-hybridized carbons (Fsp3) is 0.286. The van der Waals surface area contributed by atoms with Gasteiger partial charge in [-0.2, -0.15) is 0 Å². The second kappa shape index (κ2) is 7.58. The summed E-state index contributed by atoms with van der Waals surface area (Å²) in [7, 11) is 0. The normalized spacial score (nSPS) is 16.3. The number of aromatic nitrogens is 5. The zero-order chi connectivity index (χ0) is 20.5. The number of hydrogen-bond donors (Lipinski definition) is 1. The summed E-state index contributed by atoms with van der Waals surface area (Å²) in [4.78, 5) is 19.3. The Kier molecular flexibility index (Phi) is 4.62. The van der Waals surface area contributed by atoms with Crippen LogP contribution >= 0.6 is 0 Å². The number of tetrazole rings is 1. The standard InChI is InChI=1S/C21H21N7O2/c1-2-28-21(24-25-26-28)27-11-8-16(13-27)23-20(29)15-5-3-14(4-6-15)19-17-9-12-30-18(17)7-10-22-19/h3-7,9-10,12,16H,2,8,11,13H2,1H3,(H,23,29)/t16-/m0/s1. The van der Waals surface area contributed by atoms with Crippen molar-refractivity contribution in [3.63, 3.8) is 0 Å². The molecule has 9 nitrogen and oxygen atoms in total. The number of anilines is 1. The second-order valence-electron chi connectivity index (χ2n) is 7.27. The third-order valence-corrected chi connectivity index (χ3v) is 5.42. The highest BCUT2D eigenvalue weighted by Crippen LogP contribution is 2.27. The van der Waals surface area contributed by atoms with E-state index in [1.807, 2.05) is 43.3 Å². The largest absolute Gasteiger partial charge is 0.464 e. The number of carbonyl (C=O) groups is 1. The van der Waals surface area contributed by atoms with Crippen molar-refractivity contribution in [2.75, 3.05) is 18.0 Å². The van der Waals surface area contributed by atoms with E-state index in [2.05, 4.69) is 30.7 Å². The van der Waals surface area contributed by atoms with Crippen molar-refractivity contribution in [1.29, 1.82) is 0 Å². The lowest BCUT2D eigenvalue weighted by molar-refractivity contribution is 0.0940. The molecule has 1 saturated heterocycles. The van der Waals surface area contributed by atoms with E-state index in [4.69, 9.17) is 4.42 Å². The summed E-state index contributed by atoms with van der Waals surface area (Å²) in [6, 6.07) is 11.3. The second-order valence-corrected chi connectivity index (χ2v) is 7.27. The van der Waals surface area contributed by atoms with Gasteiger partial charge < -0.3 is 14.6 Å². The molecule has 5 rings (SSSR count). The molecule has 0 aliphatic carbocycles. The van der Waals surface area contributed by atoms with Crippen LogP contribution in [0.3, 0.4) is 0 Å². The molecule has 3 aromatic heterocycles. The smallest absolute Gasteiger partial charge is 0.251 e. The molecule has 0 radical (unpaired) electrons. The molecule has 0 unspecified atom stereocenters. The molecular formula is C21H21N7O2. The Morgan fingerprint density at radius 1 is 1.23 bits per heavy atom. The molecule has 4 aromatic rings. The van der Waals surface area contributed by atoms with Crippen molar-refractivity contribution in [3.05, 3.63) is 54.4 Å². The van der Waals surface area contributed by atoms with Crippen LogP contribution in [-0.2, 0) is 6.54 Å². The predicted molar refractivity (Wildman–Crippen MR) is 111 cm³/mol. The van der Waals surface area contributed by atoms with Crippen LogP contribution in [-0.4, -0.2) is 50.2 Å². The molecule has 1 aliphatic rings. The summed E-state index contributed by atoms with van der Waals surface area (Å²) in [5.74, 6) is 0.664. The van der Waals surface area contributed by atoms with Gasteiger partial charge >= 0.3 is 0 Å².